The predicted octanol–water partition coefficient (Wildman–Crippen LogP) is 3.29. The second-order valence-electron chi connectivity index (χ2n) is 4.36. The average molecular weight is 223 g/mol. The van der Waals surface area contributed by atoms with Gasteiger partial charge in [-0.2, -0.15) is 0 Å². The summed E-state index contributed by atoms with van der Waals surface area (Å²) in [6, 6.07) is 3.10. The molecule has 0 radical (unpaired) electrons. The lowest BCUT2D eigenvalue weighted by Gasteiger charge is -2.16. The summed E-state index contributed by atoms with van der Waals surface area (Å²) in [5.41, 5.74) is 6.64. The van der Waals surface area contributed by atoms with E-state index < -0.39 is 0 Å². The number of ether oxygens (including phenoxy) is 1. The lowest BCUT2D eigenvalue weighted by Crippen LogP contribution is -2.12. The third kappa shape index (κ3) is 2.29. The van der Waals surface area contributed by atoms with Crippen LogP contribution < -0.4 is 10.5 Å². The van der Waals surface area contributed by atoms with Gasteiger partial charge >= 0.3 is 0 Å². The Morgan fingerprint density at radius 3 is 2.69 bits per heavy atom. The topological polar surface area (TPSA) is 35.2 Å². The smallest absolute Gasteiger partial charge is 0.146 e. The zero-order valence-corrected chi connectivity index (χ0v) is 9.63. The van der Waals surface area contributed by atoms with Gasteiger partial charge in [-0.3, -0.25) is 0 Å². The normalized spacial score (nSPS) is 16.6. The van der Waals surface area contributed by atoms with Crippen molar-refractivity contribution in [1.29, 1.82) is 0 Å². The van der Waals surface area contributed by atoms with Crippen LogP contribution in [0.4, 0.5) is 10.1 Å². The van der Waals surface area contributed by atoms with E-state index in [1.807, 2.05) is 6.92 Å². The molecular weight excluding hydrogens is 205 g/mol. The molecule has 0 spiro atoms. The fraction of sp³-hybridized carbons (Fsp3) is 0.538. The highest BCUT2D eigenvalue weighted by molar-refractivity contribution is 5.50. The number of anilines is 1. The van der Waals surface area contributed by atoms with Crippen LogP contribution in [0, 0.1) is 5.82 Å². The van der Waals surface area contributed by atoms with Crippen molar-refractivity contribution in [2.45, 2.75) is 45.1 Å². The Morgan fingerprint density at radius 1 is 1.38 bits per heavy atom. The number of nitrogens with two attached hydrogens (primary N) is 1. The molecule has 1 aliphatic carbocycles. The number of halogens is 1. The predicted molar refractivity (Wildman–Crippen MR) is 63.1 cm³/mol. The first-order valence-electron chi connectivity index (χ1n) is 5.95. The average Bonchev–Trinajstić information content (AvgIpc) is 2.76. The minimum atomic E-state index is -0.351. The molecule has 0 atom stereocenters. The minimum absolute atomic E-state index is 0.171. The molecule has 0 saturated heterocycles. The Bertz CT molecular complexity index is 372. The second kappa shape index (κ2) is 4.73. The van der Waals surface area contributed by atoms with Crippen LogP contribution in [-0.2, 0) is 6.42 Å². The summed E-state index contributed by atoms with van der Waals surface area (Å²) in [6.45, 7) is 1.99. The molecule has 1 saturated carbocycles. The summed E-state index contributed by atoms with van der Waals surface area (Å²) in [7, 11) is 0. The number of benzene rings is 1. The molecule has 2 N–H and O–H groups in total. The van der Waals surface area contributed by atoms with Crippen molar-refractivity contribution >= 4 is 5.69 Å². The molecule has 0 heterocycles. The zero-order valence-electron chi connectivity index (χ0n) is 9.63. The summed E-state index contributed by atoms with van der Waals surface area (Å²) >= 11 is 0. The maximum atomic E-state index is 13.3. The third-order valence-corrected chi connectivity index (χ3v) is 3.16. The van der Waals surface area contributed by atoms with Crippen LogP contribution in [0.2, 0.25) is 0 Å². The van der Waals surface area contributed by atoms with Gasteiger partial charge in [0.1, 0.15) is 11.6 Å². The minimum Gasteiger partial charge on any atom is -0.490 e. The molecular formula is C13H18FNO. The monoisotopic (exact) mass is 223 g/mol. The Kier molecular flexibility index (Phi) is 3.32. The molecule has 0 aromatic heterocycles. The van der Waals surface area contributed by atoms with E-state index in [1.165, 1.54) is 18.9 Å². The summed E-state index contributed by atoms with van der Waals surface area (Å²) in [5.74, 6) is 0.406. The van der Waals surface area contributed by atoms with E-state index in [2.05, 4.69) is 0 Å². The molecule has 88 valence electrons. The highest BCUT2D eigenvalue weighted by Gasteiger charge is 2.18. The van der Waals surface area contributed by atoms with Gasteiger partial charge in [0.15, 0.2) is 0 Å². The van der Waals surface area contributed by atoms with Gasteiger partial charge in [0.05, 0.1) is 11.8 Å². The van der Waals surface area contributed by atoms with Crippen molar-refractivity contribution in [3.8, 4) is 5.75 Å². The maximum Gasteiger partial charge on any atom is 0.146 e. The first-order valence-corrected chi connectivity index (χ1v) is 5.95. The van der Waals surface area contributed by atoms with Gasteiger partial charge in [0.2, 0.25) is 0 Å². The quantitative estimate of drug-likeness (QED) is 0.798. The van der Waals surface area contributed by atoms with Crippen LogP contribution in [0.15, 0.2) is 12.1 Å². The van der Waals surface area contributed by atoms with E-state index in [0.717, 1.165) is 30.6 Å². The Balaban J connectivity index is 2.20. The van der Waals surface area contributed by atoms with Gasteiger partial charge in [-0.25, -0.2) is 4.39 Å². The van der Waals surface area contributed by atoms with Crippen LogP contribution in [0.25, 0.3) is 0 Å². The van der Waals surface area contributed by atoms with Crippen molar-refractivity contribution in [3.63, 3.8) is 0 Å². The Labute approximate surface area is 95.6 Å². The van der Waals surface area contributed by atoms with Crippen LogP contribution in [0.1, 0.15) is 38.2 Å². The summed E-state index contributed by atoms with van der Waals surface area (Å²) in [6.07, 6.45) is 5.70. The van der Waals surface area contributed by atoms with Crippen molar-refractivity contribution < 1.29 is 9.13 Å². The summed E-state index contributed by atoms with van der Waals surface area (Å²) < 4.78 is 19.2. The van der Waals surface area contributed by atoms with Crippen LogP contribution in [0.5, 0.6) is 5.75 Å². The molecule has 1 aliphatic rings. The van der Waals surface area contributed by atoms with E-state index in [9.17, 15) is 4.39 Å². The molecule has 2 nitrogen and oxygen atoms in total. The van der Waals surface area contributed by atoms with Gasteiger partial charge in [0.25, 0.3) is 0 Å². The van der Waals surface area contributed by atoms with E-state index in [0.29, 0.717) is 0 Å². The molecule has 3 heteroatoms. The fourth-order valence-electron chi connectivity index (χ4n) is 2.18. The largest absolute Gasteiger partial charge is 0.490 e. The van der Waals surface area contributed by atoms with E-state index in [4.69, 9.17) is 10.5 Å². The lowest BCUT2D eigenvalue weighted by molar-refractivity contribution is 0.208. The molecule has 2 rings (SSSR count). The second-order valence-corrected chi connectivity index (χ2v) is 4.36. The third-order valence-electron chi connectivity index (χ3n) is 3.16. The van der Waals surface area contributed by atoms with Crippen molar-refractivity contribution in [2.75, 3.05) is 5.73 Å². The van der Waals surface area contributed by atoms with Gasteiger partial charge < -0.3 is 10.5 Å². The Morgan fingerprint density at radius 2 is 2.06 bits per heavy atom. The fourth-order valence-corrected chi connectivity index (χ4v) is 2.18. The number of hydrogen-bond acceptors (Lipinski definition) is 2. The molecule has 16 heavy (non-hydrogen) atoms. The molecule has 0 unspecified atom stereocenters. The molecule has 1 fully saturated rings. The van der Waals surface area contributed by atoms with Crippen molar-refractivity contribution in [3.05, 3.63) is 23.5 Å². The van der Waals surface area contributed by atoms with Gasteiger partial charge in [-0.05, 0) is 43.7 Å². The van der Waals surface area contributed by atoms with E-state index >= 15 is 0 Å². The molecule has 0 bridgehead atoms. The van der Waals surface area contributed by atoms with E-state index in [1.54, 1.807) is 6.07 Å². The highest BCUT2D eigenvalue weighted by Crippen LogP contribution is 2.29. The van der Waals surface area contributed by atoms with Gasteiger partial charge in [0, 0.05) is 6.07 Å². The van der Waals surface area contributed by atoms with E-state index in [-0.39, 0.29) is 17.6 Å². The number of rotatable bonds is 3. The molecule has 1 aromatic carbocycles. The number of nitrogen functional groups attached to an aromatic ring is 1. The maximum absolute atomic E-state index is 13.3. The van der Waals surface area contributed by atoms with Gasteiger partial charge in [-0.1, -0.05) is 6.92 Å². The highest BCUT2D eigenvalue weighted by atomic mass is 19.1. The molecule has 0 amide bonds. The standard InChI is InChI=1S/C13H18FNO/c1-2-9-7-11(14)12(15)8-13(9)16-10-5-3-4-6-10/h7-8,10H,2-6,15H2,1H3. The summed E-state index contributed by atoms with van der Waals surface area (Å²) in [5, 5.41) is 0. The van der Waals surface area contributed by atoms with Crippen molar-refractivity contribution in [1.82, 2.24) is 0 Å². The number of hydrogen-bond donors (Lipinski definition) is 1. The SMILES string of the molecule is CCc1cc(F)c(N)cc1OC1CCCC1. The van der Waals surface area contributed by atoms with Crippen molar-refractivity contribution in [2.24, 2.45) is 0 Å². The first kappa shape index (κ1) is 11.2. The molecule has 0 aliphatic heterocycles. The number of aryl methyl sites for hydroxylation is 1. The van der Waals surface area contributed by atoms with Crippen LogP contribution >= 0.6 is 0 Å². The van der Waals surface area contributed by atoms with Crippen LogP contribution in [0.3, 0.4) is 0 Å². The summed E-state index contributed by atoms with van der Waals surface area (Å²) in [4.78, 5) is 0. The van der Waals surface area contributed by atoms with Gasteiger partial charge in [-0.15, -0.1) is 0 Å². The zero-order chi connectivity index (χ0) is 11.5. The first-order chi connectivity index (χ1) is 7.70. The Hall–Kier alpha value is -1.25. The lowest BCUT2D eigenvalue weighted by atomic mass is 10.1. The molecule has 1 aromatic rings. The van der Waals surface area contributed by atoms with Crippen LogP contribution in [-0.4, -0.2) is 6.10 Å².